The molecule has 0 aliphatic carbocycles. The fourth-order valence-corrected chi connectivity index (χ4v) is 3.26. The number of amides is 2. The molecule has 1 aliphatic rings. The van der Waals surface area contributed by atoms with Crippen LogP contribution >= 0.6 is 11.6 Å². The zero-order valence-corrected chi connectivity index (χ0v) is 16.9. The van der Waals surface area contributed by atoms with Gasteiger partial charge < -0.3 is 10.1 Å². The first-order valence-corrected chi connectivity index (χ1v) is 9.67. The van der Waals surface area contributed by atoms with Gasteiger partial charge >= 0.3 is 6.18 Å². The molecular formula is C23H14ClF3N2O3. The van der Waals surface area contributed by atoms with Gasteiger partial charge in [-0.05, 0) is 54.6 Å². The van der Waals surface area contributed by atoms with Gasteiger partial charge in [0.15, 0.2) is 0 Å². The summed E-state index contributed by atoms with van der Waals surface area (Å²) in [6.07, 6.45) is -4.55. The molecule has 0 spiro atoms. The van der Waals surface area contributed by atoms with Gasteiger partial charge in [-0.1, -0.05) is 35.9 Å². The number of alkyl halides is 3. The van der Waals surface area contributed by atoms with Gasteiger partial charge in [0.25, 0.3) is 11.8 Å². The van der Waals surface area contributed by atoms with Crippen molar-refractivity contribution in [2.75, 3.05) is 10.2 Å². The Morgan fingerprint density at radius 2 is 1.47 bits per heavy atom. The van der Waals surface area contributed by atoms with Crippen LogP contribution in [0.2, 0.25) is 0 Å². The smallest absolute Gasteiger partial charge is 0.416 e. The topological polar surface area (TPSA) is 58.6 Å². The third kappa shape index (κ3) is 4.31. The minimum Gasteiger partial charge on any atom is -0.457 e. The van der Waals surface area contributed by atoms with Gasteiger partial charge in [0.1, 0.15) is 22.2 Å². The van der Waals surface area contributed by atoms with Gasteiger partial charge in [0.2, 0.25) is 0 Å². The summed E-state index contributed by atoms with van der Waals surface area (Å²) in [6.45, 7) is 0. The number of halogens is 4. The van der Waals surface area contributed by atoms with E-state index in [2.05, 4.69) is 5.32 Å². The lowest BCUT2D eigenvalue weighted by molar-refractivity contribution is -0.137. The van der Waals surface area contributed by atoms with Crippen molar-refractivity contribution in [3.8, 4) is 11.5 Å². The maximum atomic E-state index is 12.9. The molecule has 5 nitrogen and oxygen atoms in total. The molecular weight excluding hydrogens is 445 g/mol. The summed E-state index contributed by atoms with van der Waals surface area (Å²) in [5, 5.41) is 2.12. The molecule has 0 fully saturated rings. The van der Waals surface area contributed by atoms with Gasteiger partial charge in [0.05, 0.1) is 11.3 Å². The van der Waals surface area contributed by atoms with Gasteiger partial charge in [-0.25, -0.2) is 4.90 Å². The monoisotopic (exact) mass is 458 g/mol. The number of hydrogen-bond acceptors (Lipinski definition) is 4. The lowest BCUT2D eigenvalue weighted by Crippen LogP contribution is -2.32. The van der Waals surface area contributed by atoms with Crippen LogP contribution in [0.1, 0.15) is 5.56 Å². The van der Waals surface area contributed by atoms with E-state index in [0.29, 0.717) is 11.5 Å². The second-order valence-electron chi connectivity index (χ2n) is 6.75. The highest BCUT2D eigenvalue weighted by atomic mass is 35.5. The molecule has 2 amide bonds. The van der Waals surface area contributed by atoms with E-state index in [-0.39, 0.29) is 17.1 Å². The minimum atomic E-state index is -4.55. The number of para-hydroxylation sites is 1. The number of hydrogen-bond donors (Lipinski definition) is 1. The first kappa shape index (κ1) is 21.5. The van der Waals surface area contributed by atoms with Crippen LogP contribution in [-0.2, 0) is 15.8 Å². The predicted molar refractivity (Wildman–Crippen MR) is 113 cm³/mol. The Labute approximate surface area is 185 Å². The molecule has 32 heavy (non-hydrogen) atoms. The Morgan fingerprint density at radius 3 is 2.12 bits per heavy atom. The van der Waals surface area contributed by atoms with Crippen LogP contribution in [0.3, 0.4) is 0 Å². The summed E-state index contributed by atoms with van der Waals surface area (Å²) < 4.78 is 44.5. The van der Waals surface area contributed by atoms with Gasteiger partial charge in [-0.2, -0.15) is 13.2 Å². The van der Waals surface area contributed by atoms with E-state index in [1.54, 1.807) is 24.3 Å². The average Bonchev–Trinajstić information content (AvgIpc) is 2.98. The normalized spacial score (nSPS) is 14.2. The molecule has 162 valence electrons. The number of rotatable bonds is 5. The van der Waals surface area contributed by atoms with Gasteiger partial charge in [-0.3, -0.25) is 9.59 Å². The number of carbonyl (C=O) groups excluding carboxylic acids is 2. The first-order chi connectivity index (χ1) is 15.2. The molecule has 3 aromatic rings. The Hall–Kier alpha value is -3.78. The number of imide groups is 1. The lowest BCUT2D eigenvalue weighted by Gasteiger charge is -2.16. The Balaban J connectivity index is 1.53. The molecule has 9 heteroatoms. The molecule has 3 aromatic carbocycles. The van der Waals surface area contributed by atoms with Crippen molar-refractivity contribution in [2.45, 2.75) is 6.18 Å². The number of anilines is 2. The largest absolute Gasteiger partial charge is 0.457 e. The number of benzene rings is 3. The van der Waals surface area contributed by atoms with Crippen LogP contribution in [0.25, 0.3) is 0 Å². The SMILES string of the molecule is O=C1C(Cl)=C(Nc2cccc(C(F)(F)F)c2)C(=O)N1c1ccc(Oc2ccccc2)cc1. The highest BCUT2D eigenvalue weighted by molar-refractivity contribution is 6.53. The number of carbonyl (C=O) groups is 2. The molecule has 0 bridgehead atoms. The van der Waals surface area contributed by atoms with E-state index >= 15 is 0 Å². The van der Waals surface area contributed by atoms with Crippen molar-refractivity contribution >= 4 is 34.8 Å². The van der Waals surface area contributed by atoms with Gasteiger partial charge in [-0.15, -0.1) is 0 Å². The molecule has 1 N–H and O–H groups in total. The van der Waals surface area contributed by atoms with Crippen molar-refractivity contribution in [3.05, 3.63) is 95.2 Å². The van der Waals surface area contributed by atoms with Crippen LogP contribution in [0.5, 0.6) is 11.5 Å². The fourth-order valence-electron chi connectivity index (χ4n) is 3.05. The summed E-state index contributed by atoms with van der Waals surface area (Å²) in [7, 11) is 0. The van der Waals surface area contributed by atoms with Crippen molar-refractivity contribution < 1.29 is 27.5 Å². The predicted octanol–water partition coefficient (Wildman–Crippen LogP) is 5.93. The summed E-state index contributed by atoms with van der Waals surface area (Å²) >= 11 is 6.04. The Kier molecular flexibility index (Phi) is 5.63. The first-order valence-electron chi connectivity index (χ1n) is 9.30. The molecule has 1 heterocycles. The zero-order valence-electron chi connectivity index (χ0n) is 16.2. The van der Waals surface area contributed by atoms with Crippen molar-refractivity contribution in [2.24, 2.45) is 0 Å². The summed E-state index contributed by atoms with van der Waals surface area (Å²) in [6, 6.07) is 19.4. The highest BCUT2D eigenvalue weighted by Crippen LogP contribution is 2.34. The fraction of sp³-hybridized carbons (Fsp3) is 0.0435. The van der Waals surface area contributed by atoms with E-state index in [4.69, 9.17) is 16.3 Å². The molecule has 0 saturated heterocycles. The maximum Gasteiger partial charge on any atom is 0.416 e. The van der Waals surface area contributed by atoms with E-state index in [1.807, 2.05) is 18.2 Å². The molecule has 0 radical (unpaired) electrons. The molecule has 0 saturated carbocycles. The highest BCUT2D eigenvalue weighted by Gasteiger charge is 2.39. The molecule has 0 aromatic heterocycles. The minimum absolute atomic E-state index is 0.0254. The van der Waals surface area contributed by atoms with Crippen LogP contribution < -0.4 is 15.0 Å². The Morgan fingerprint density at radius 1 is 0.812 bits per heavy atom. The summed E-state index contributed by atoms with van der Waals surface area (Å²) in [4.78, 5) is 26.3. The van der Waals surface area contributed by atoms with E-state index in [9.17, 15) is 22.8 Å². The molecule has 0 atom stereocenters. The van der Waals surface area contributed by atoms with Crippen molar-refractivity contribution in [1.29, 1.82) is 0 Å². The van der Waals surface area contributed by atoms with Gasteiger partial charge in [0, 0.05) is 5.69 Å². The summed E-state index contributed by atoms with van der Waals surface area (Å²) in [5.41, 5.74) is -0.996. The molecule has 1 aliphatic heterocycles. The van der Waals surface area contributed by atoms with Crippen LogP contribution in [0.15, 0.2) is 89.6 Å². The number of ether oxygens (including phenoxy) is 1. The summed E-state index contributed by atoms with van der Waals surface area (Å²) in [5.74, 6) is -0.469. The second kappa shape index (κ2) is 8.39. The average molecular weight is 459 g/mol. The maximum absolute atomic E-state index is 12.9. The van der Waals surface area contributed by atoms with Crippen LogP contribution in [-0.4, -0.2) is 11.8 Å². The van der Waals surface area contributed by atoms with E-state index in [0.717, 1.165) is 17.0 Å². The number of nitrogens with one attached hydrogen (secondary N) is 1. The van der Waals surface area contributed by atoms with E-state index < -0.39 is 28.6 Å². The van der Waals surface area contributed by atoms with Crippen molar-refractivity contribution in [3.63, 3.8) is 0 Å². The number of nitrogens with zero attached hydrogens (tertiary/aromatic N) is 1. The Bertz CT molecular complexity index is 1210. The van der Waals surface area contributed by atoms with E-state index in [1.165, 1.54) is 24.3 Å². The molecule has 0 unspecified atom stereocenters. The third-order valence-electron chi connectivity index (χ3n) is 4.56. The quantitative estimate of drug-likeness (QED) is 0.481. The van der Waals surface area contributed by atoms with Crippen LogP contribution in [0, 0.1) is 0 Å². The van der Waals surface area contributed by atoms with Crippen LogP contribution in [0.4, 0.5) is 24.5 Å². The second-order valence-corrected chi connectivity index (χ2v) is 7.13. The lowest BCUT2D eigenvalue weighted by atomic mass is 10.2. The molecule has 4 rings (SSSR count). The van der Waals surface area contributed by atoms with Crippen molar-refractivity contribution in [1.82, 2.24) is 0 Å². The third-order valence-corrected chi connectivity index (χ3v) is 4.91. The zero-order chi connectivity index (χ0) is 22.9. The standard InChI is InChI=1S/C23H14ClF3N2O3/c24-19-20(28-15-6-4-5-14(13-15)23(25,26)27)22(31)29(21(19)30)16-9-11-18(12-10-16)32-17-7-2-1-3-8-17/h1-13,28H.